The molecule has 2 aliphatic heterocycles. The maximum atomic E-state index is 12.2. The van der Waals surface area contributed by atoms with Crippen LogP contribution in [0, 0.1) is 0 Å². The maximum absolute atomic E-state index is 12.2. The van der Waals surface area contributed by atoms with Gasteiger partial charge in [-0.25, -0.2) is 0 Å². The Morgan fingerprint density at radius 3 is 2.73 bits per heavy atom. The van der Waals surface area contributed by atoms with Gasteiger partial charge >= 0.3 is 0 Å². The normalized spacial score (nSPS) is 32.0. The first kappa shape index (κ1) is 13.4. The summed E-state index contributed by atoms with van der Waals surface area (Å²) in [7, 11) is 0. The summed E-state index contributed by atoms with van der Waals surface area (Å²) in [6, 6.07) is 0.643. The second-order valence-electron chi connectivity index (χ2n) is 5.43. The lowest BCUT2D eigenvalue weighted by Gasteiger charge is -2.39. The van der Waals surface area contributed by atoms with Crippen LogP contribution < -0.4 is 14.8 Å². The van der Waals surface area contributed by atoms with E-state index in [1.807, 2.05) is 0 Å². The lowest BCUT2D eigenvalue weighted by atomic mass is 9.79. The predicted molar refractivity (Wildman–Crippen MR) is 71.5 cm³/mol. The number of amides is 1. The van der Waals surface area contributed by atoms with Gasteiger partial charge in [-0.2, -0.15) is 0 Å². The average Bonchev–Trinajstić information content (AvgIpc) is 2.95. The molecule has 2 heterocycles. The number of phenols is 1. The topological polar surface area (TPSA) is 128 Å². The van der Waals surface area contributed by atoms with Crippen LogP contribution in [-0.4, -0.2) is 57.5 Å². The highest BCUT2D eigenvalue weighted by molar-refractivity contribution is 6.07. The molecule has 8 heteroatoms. The second-order valence-corrected chi connectivity index (χ2v) is 5.43. The lowest BCUT2D eigenvalue weighted by molar-refractivity contribution is -0.0535. The Morgan fingerprint density at radius 2 is 1.95 bits per heavy atom. The highest BCUT2D eigenvalue weighted by Crippen LogP contribution is 2.48. The molecule has 1 aromatic rings. The van der Waals surface area contributed by atoms with Crippen molar-refractivity contribution in [3.05, 3.63) is 23.3 Å². The van der Waals surface area contributed by atoms with E-state index in [9.17, 15) is 25.2 Å². The second kappa shape index (κ2) is 4.35. The van der Waals surface area contributed by atoms with Gasteiger partial charge in [0.1, 0.15) is 18.3 Å². The molecule has 0 saturated carbocycles. The Labute approximate surface area is 124 Å². The molecule has 0 bridgehead atoms. The van der Waals surface area contributed by atoms with Crippen LogP contribution in [0.1, 0.15) is 15.9 Å². The van der Waals surface area contributed by atoms with Crippen LogP contribution in [0.25, 0.3) is 5.57 Å². The average molecular weight is 307 g/mol. The standard InChI is InChI=1S/C14H13NO7/c16-6-1-5-4-2-7-13(22-3-21-7)11(18)8(4)14(20)15-9(5)12(19)10(6)17/h1-2,6,9-10,12,16-19H,3H2,(H,15,20)/t6-,9-,10-,12+/m1/s1. The van der Waals surface area contributed by atoms with E-state index in [2.05, 4.69) is 5.32 Å². The summed E-state index contributed by atoms with van der Waals surface area (Å²) in [5.74, 6) is -0.585. The Balaban J connectivity index is 1.95. The molecule has 116 valence electrons. The van der Waals surface area contributed by atoms with Crippen molar-refractivity contribution in [3.63, 3.8) is 0 Å². The van der Waals surface area contributed by atoms with E-state index in [-0.39, 0.29) is 29.6 Å². The molecule has 0 unspecified atom stereocenters. The Bertz CT molecular complexity index is 714. The van der Waals surface area contributed by atoms with Crippen molar-refractivity contribution in [2.24, 2.45) is 0 Å². The van der Waals surface area contributed by atoms with Crippen LogP contribution in [0.5, 0.6) is 17.2 Å². The number of phenolic OH excluding ortho intramolecular Hbond substituents is 1. The van der Waals surface area contributed by atoms with Gasteiger partial charge in [-0.05, 0) is 17.7 Å². The predicted octanol–water partition coefficient (Wildman–Crippen LogP) is -1.29. The minimum atomic E-state index is -1.40. The molecule has 5 N–H and O–H groups in total. The van der Waals surface area contributed by atoms with Crippen molar-refractivity contribution in [1.29, 1.82) is 0 Å². The fraction of sp³-hybridized carbons (Fsp3) is 0.357. The van der Waals surface area contributed by atoms with Gasteiger partial charge < -0.3 is 35.2 Å². The molecule has 3 aliphatic rings. The summed E-state index contributed by atoms with van der Waals surface area (Å²) in [5.41, 5.74) is 0.733. The van der Waals surface area contributed by atoms with Crippen molar-refractivity contribution in [1.82, 2.24) is 5.32 Å². The van der Waals surface area contributed by atoms with Crippen molar-refractivity contribution in [2.75, 3.05) is 6.79 Å². The number of fused-ring (bicyclic) bond motifs is 4. The summed E-state index contributed by atoms with van der Waals surface area (Å²) >= 11 is 0. The monoisotopic (exact) mass is 307 g/mol. The van der Waals surface area contributed by atoms with Gasteiger partial charge in [0.05, 0.1) is 11.6 Å². The third-order valence-corrected chi connectivity index (χ3v) is 4.19. The number of aliphatic hydroxyl groups is 3. The highest BCUT2D eigenvalue weighted by Gasteiger charge is 2.44. The number of hydrogen-bond donors (Lipinski definition) is 5. The molecule has 1 amide bonds. The van der Waals surface area contributed by atoms with Crippen molar-refractivity contribution >= 4 is 11.5 Å². The van der Waals surface area contributed by atoms with E-state index in [1.54, 1.807) is 0 Å². The van der Waals surface area contributed by atoms with E-state index < -0.39 is 30.3 Å². The molecular weight excluding hydrogens is 294 g/mol. The van der Waals surface area contributed by atoms with E-state index in [0.717, 1.165) is 0 Å². The maximum Gasteiger partial charge on any atom is 0.256 e. The zero-order chi connectivity index (χ0) is 15.6. The van der Waals surface area contributed by atoms with Gasteiger partial charge in [0.25, 0.3) is 5.91 Å². The molecule has 1 aliphatic carbocycles. The number of hydrogen-bond acceptors (Lipinski definition) is 7. The third-order valence-electron chi connectivity index (χ3n) is 4.19. The van der Waals surface area contributed by atoms with Gasteiger partial charge in [-0.15, -0.1) is 0 Å². The summed E-state index contributed by atoms with van der Waals surface area (Å²) < 4.78 is 10.3. The summed E-state index contributed by atoms with van der Waals surface area (Å²) in [6.07, 6.45) is -2.70. The van der Waals surface area contributed by atoms with Crippen molar-refractivity contribution in [3.8, 4) is 17.2 Å². The van der Waals surface area contributed by atoms with Gasteiger partial charge in [-0.1, -0.05) is 0 Å². The molecule has 1 aromatic carbocycles. The fourth-order valence-electron chi connectivity index (χ4n) is 3.09. The molecule has 4 rings (SSSR count). The molecule has 0 saturated heterocycles. The minimum absolute atomic E-state index is 0.0115. The van der Waals surface area contributed by atoms with Crippen LogP contribution in [0.4, 0.5) is 0 Å². The number of nitrogens with one attached hydrogen (secondary N) is 1. The number of ether oxygens (including phenoxy) is 2. The van der Waals surface area contributed by atoms with Gasteiger partial charge in [0.15, 0.2) is 11.5 Å². The molecule has 22 heavy (non-hydrogen) atoms. The zero-order valence-electron chi connectivity index (χ0n) is 11.2. The number of carbonyl (C=O) groups is 1. The summed E-state index contributed by atoms with van der Waals surface area (Å²) in [5, 5.41) is 42.4. The smallest absolute Gasteiger partial charge is 0.256 e. The molecule has 0 radical (unpaired) electrons. The van der Waals surface area contributed by atoms with Gasteiger partial charge in [-0.3, -0.25) is 4.79 Å². The molecule has 0 aromatic heterocycles. The SMILES string of the molecule is O=C1N[C@@H]2C(=C[C@@H](O)[C@@H](O)[C@H]2O)c2cc3c(c(O)c21)OCO3. The van der Waals surface area contributed by atoms with Crippen LogP contribution in [0.2, 0.25) is 0 Å². The van der Waals surface area contributed by atoms with Crippen LogP contribution in [-0.2, 0) is 0 Å². The fourth-order valence-corrected chi connectivity index (χ4v) is 3.09. The van der Waals surface area contributed by atoms with E-state index in [0.29, 0.717) is 11.1 Å². The van der Waals surface area contributed by atoms with Gasteiger partial charge in [0.2, 0.25) is 12.5 Å². The minimum Gasteiger partial charge on any atom is -0.504 e. The first-order valence-corrected chi connectivity index (χ1v) is 6.71. The molecule has 0 spiro atoms. The molecule has 0 fully saturated rings. The van der Waals surface area contributed by atoms with Crippen LogP contribution in [0.15, 0.2) is 12.1 Å². The van der Waals surface area contributed by atoms with Crippen LogP contribution in [0.3, 0.4) is 0 Å². The number of aliphatic hydroxyl groups excluding tert-OH is 3. The first-order chi connectivity index (χ1) is 10.5. The summed E-state index contributed by atoms with van der Waals surface area (Å²) in [6.45, 7) is -0.0696. The molecule has 4 atom stereocenters. The number of aromatic hydroxyl groups is 1. The quantitative estimate of drug-likeness (QED) is 0.403. The number of benzene rings is 1. The third kappa shape index (κ3) is 1.59. The zero-order valence-corrected chi connectivity index (χ0v) is 11.2. The Hall–Kier alpha value is -2.29. The molecule has 8 nitrogen and oxygen atoms in total. The highest BCUT2D eigenvalue weighted by atomic mass is 16.7. The largest absolute Gasteiger partial charge is 0.504 e. The number of carbonyl (C=O) groups excluding carboxylic acids is 1. The number of rotatable bonds is 0. The van der Waals surface area contributed by atoms with Gasteiger partial charge in [0, 0.05) is 5.56 Å². The summed E-state index contributed by atoms with van der Waals surface area (Å²) in [4.78, 5) is 12.2. The Morgan fingerprint density at radius 1 is 1.18 bits per heavy atom. The van der Waals surface area contributed by atoms with E-state index in [4.69, 9.17) is 9.47 Å². The lowest BCUT2D eigenvalue weighted by Crippen LogP contribution is -2.57. The van der Waals surface area contributed by atoms with E-state index in [1.165, 1.54) is 12.1 Å². The Kier molecular flexibility index (Phi) is 2.65. The van der Waals surface area contributed by atoms with E-state index >= 15 is 0 Å². The van der Waals surface area contributed by atoms with Crippen molar-refractivity contribution in [2.45, 2.75) is 24.4 Å². The van der Waals surface area contributed by atoms with Crippen molar-refractivity contribution < 1.29 is 34.7 Å². The van der Waals surface area contributed by atoms with Crippen LogP contribution >= 0.6 is 0 Å². The first-order valence-electron chi connectivity index (χ1n) is 6.71. The molecular formula is C14H13NO7.